The van der Waals surface area contributed by atoms with Crippen LogP contribution in [0, 0.1) is 0 Å². The van der Waals surface area contributed by atoms with Crippen molar-refractivity contribution in [3.05, 3.63) is 59.0 Å². The fourth-order valence-corrected chi connectivity index (χ4v) is 2.92. The van der Waals surface area contributed by atoms with E-state index in [1.165, 1.54) is 23.9 Å². The molecule has 3 N–H and O–H groups in total. The predicted octanol–water partition coefficient (Wildman–Crippen LogP) is 2.75. The second-order valence-corrected chi connectivity index (χ2v) is 6.28. The Bertz CT molecular complexity index is 889. The topological polar surface area (TPSA) is 108 Å². The number of carboxylic acids is 1. The van der Waals surface area contributed by atoms with Gasteiger partial charge in [0.2, 0.25) is 0 Å². The second-order valence-electron chi connectivity index (χ2n) is 5.25. The van der Waals surface area contributed by atoms with E-state index in [1.807, 2.05) is 0 Å². The minimum absolute atomic E-state index is 0.147. The van der Waals surface area contributed by atoms with Gasteiger partial charge in [0.25, 0.3) is 5.91 Å². The van der Waals surface area contributed by atoms with Crippen molar-refractivity contribution >= 4 is 40.6 Å². The van der Waals surface area contributed by atoms with Crippen molar-refractivity contribution in [2.24, 2.45) is 4.99 Å². The van der Waals surface area contributed by atoms with Crippen LogP contribution in [0.4, 0.5) is 5.69 Å². The van der Waals surface area contributed by atoms with Crippen LogP contribution in [0.25, 0.3) is 6.08 Å². The van der Waals surface area contributed by atoms with Gasteiger partial charge in [-0.1, -0.05) is 12.1 Å². The van der Waals surface area contributed by atoms with Crippen molar-refractivity contribution in [1.29, 1.82) is 0 Å². The number of phenolic OH excluding ortho intramolecular Hbond substituents is 1. The van der Waals surface area contributed by atoms with Gasteiger partial charge in [0.05, 0.1) is 10.6 Å². The summed E-state index contributed by atoms with van der Waals surface area (Å²) in [6, 6.07) is 13.1. The third-order valence-electron chi connectivity index (χ3n) is 3.27. The first-order valence-electron chi connectivity index (χ1n) is 7.53. The summed E-state index contributed by atoms with van der Waals surface area (Å²) >= 11 is 1.21. The van der Waals surface area contributed by atoms with Crippen molar-refractivity contribution in [1.82, 2.24) is 5.32 Å². The Morgan fingerprint density at radius 3 is 2.50 bits per heavy atom. The molecule has 1 aliphatic rings. The SMILES string of the molecule is O=C(O)COc1ccc(/C=C2\SC(=Nc3ccc(O)cc3)NC2=O)cc1. The van der Waals surface area contributed by atoms with Crippen molar-refractivity contribution in [3.63, 3.8) is 0 Å². The standard InChI is InChI=1S/C18H14N2O5S/c21-13-5-3-12(4-6-13)19-18-20-17(24)15(26-18)9-11-1-7-14(8-2-11)25-10-16(22)23/h1-9,21H,10H2,(H,22,23)(H,19,20,24)/b15-9-. The van der Waals surface area contributed by atoms with Crippen molar-refractivity contribution in [2.45, 2.75) is 0 Å². The van der Waals surface area contributed by atoms with E-state index < -0.39 is 12.6 Å². The summed E-state index contributed by atoms with van der Waals surface area (Å²) in [5.41, 5.74) is 1.39. The molecular formula is C18H14N2O5S. The third kappa shape index (κ3) is 4.64. The lowest BCUT2D eigenvalue weighted by Gasteiger charge is -2.03. The highest BCUT2D eigenvalue weighted by atomic mass is 32.2. The van der Waals surface area contributed by atoms with E-state index in [9.17, 15) is 14.7 Å². The fraction of sp³-hybridized carbons (Fsp3) is 0.0556. The summed E-state index contributed by atoms with van der Waals surface area (Å²) < 4.78 is 5.06. The van der Waals surface area contributed by atoms with Gasteiger partial charge < -0.3 is 20.3 Å². The molecule has 1 saturated heterocycles. The van der Waals surface area contributed by atoms with Crippen LogP contribution in [0.15, 0.2) is 58.4 Å². The Hall–Kier alpha value is -3.26. The molecule has 0 spiro atoms. The average Bonchev–Trinajstić information content (AvgIpc) is 2.95. The molecule has 2 aromatic rings. The van der Waals surface area contributed by atoms with Gasteiger partial charge in [-0.05, 0) is 59.8 Å². The first-order chi connectivity index (χ1) is 12.5. The Morgan fingerprint density at radius 1 is 1.15 bits per heavy atom. The highest BCUT2D eigenvalue weighted by molar-refractivity contribution is 8.18. The molecule has 1 heterocycles. The van der Waals surface area contributed by atoms with E-state index >= 15 is 0 Å². The number of hydrogen-bond donors (Lipinski definition) is 3. The minimum Gasteiger partial charge on any atom is -0.508 e. The normalized spacial score (nSPS) is 16.7. The zero-order valence-electron chi connectivity index (χ0n) is 13.4. The van der Waals surface area contributed by atoms with E-state index in [1.54, 1.807) is 42.5 Å². The Labute approximate surface area is 153 Å². The number of aliphatic imine (C=N–C) groups is 1. The molecule has 1 fully saturated rings. The van der Waals surface area contributed by atoms with Crippen LogP contribution >= 0.6 is 11.8 Å². The lowest BCUT2D eigenvalue weighted by molar-refractivity contribution is -0.139. The minimum atomic E-state index is -1.05. The van der Waals surface area contributed by atoms with Gasteiger partial charge >= 0.3 is 5.97 Å². The monoisotopic (exact) mass is 370 g/mol. The predicted molar refractivity (Wildman–Crippen MR) is 98.5 cm³/mol. The van der Waals surface area contributed by atoms with Gasteiger partial charge in [0.15, 0.2) is 11.8 Å². The Kier molecular flexibility index (Phi) is 5.23. The number of amidine groups is 1. The average molecular weight is 370 g/mol. The van der Waals surface area contributed by atoms with E-state index in [2.05, 4.69) is 10.3 Å². The zero-order valence-corrected chi connectivity index (χ0v) is 14.2. The number of amides is 1. The summed E-state index contributed by atoms with van der Waals surface area (Å²) in [7, 11) is 0. The van der Waals surface area contributed by atoms with Gasteiger partial charge in [-0.2, -0.15) is 0 Å². The van der Waals surface area contributed by atoms with Gasteiger partial charge in [-0.15, -0.1) is 0 Å². The Morgan fingerprint density at radius 2 is 1.85 bits per heavy atom. The van der Waals surface area contributed by atoms with Gasteiger partial charge in [0.1, 0.15) is 11.5 Å². The quantitative estimate of drug-likeness (QED) is 0.699. The number of carbonyl (C=O) groups is 2. The van der Waals surface area contributed by atoms with Crippen LogP contribution in [0.5, 0.6) is 11.5 Å². The molecule has 0 saturated carbocycles. The number of nitrogens with one attached hydrogen (secondary N) is 1. The summed E-state index contributed by atoms with van der Waals surface area (Å²) in [5.74, 6) is -0.713. The number of aliphatic carboxylic acids is 1. The second kappa shape index (κ2) is 7.75. The number of ether oxygens (including phenoxy) is 1. The van der Waals surface area contributed by atoms with E-state index in [-0.39, 0.29) is 11.7 Å². The number of hydrogen-bond acceptors (Lipinski definition) is 6. The molecule has 26 heavy (non-hydrogen) atoms. The highest BCUT2D eigenvalue weighted by Gasteiger charge is 2.23. The van der Waals surface area contributed by atoms with E-state index in [0.29, 0.717) is 21.5 Å². The molecule has 0 bridgehead atoms. The number of nitrogens with zero attached hydrogens (tertiary/aromatic N) is 1. The lowest BCUT2D eigenvalue weighted by Crippen LogP contribution is -2.19. The van der Waals surface area contributed by atoms with Crippen LogP contribution in [-0.4, -0.2) is 33.9 Å². The highest BCUT2D eigenvalue weighted by Crippen LogP contribution is 2.28. The molecule has 2 aromatic carbocycles. The summed E-state index contributed by atoms with van der Waals surface area (Å²) in [6.07, 6.45) is 1.71. The van der Waals surface area contributed by atoms with Crippen LogP contribution < -0.4 is 10.1 Å². The third-order valence-corrected chi connectivity index (χ3v) is 4.18. The first kappa shape index (κ1) is 17.6. The van der Waals surface area contributed by atoms with Crippen LogP contribution in [0.1, 0.15) is 5.56 Å². The van der Waals surface area contributed by atoms with Crippen LogP contribution in [-0.2, 0) is 9.59 Å². The molecule has 0 radical (unpaired) electrons. The lowest BCUT2D eigenvalue weighted by atomic mass is 10.2. The van der Waals surface area contributed by atoms with E-state index in [4.69, 9.17) is 9.84 Å². The first-order valence-corrected chi connectivity index (χ1v) is 8.34. The zero-order chi connectivity index (χ0) is 18.5. The Balaban J connectivity index is 1.70. The summed E-state index contributed by atoms with van der Waals surface area (Å²) in [6.45, 7) is -0.407. The molecule has 0 aliphatic carbocycles. The smallest absolute Gasteiger partial charge is 0.341 e. The maximum atomic E-state index is 12.1. The molecule has 132 valence electrons. The molecule has 0 unspecified atom stereocenters. The number of aromatic hydroxyl groups is 1. The van der Waals surface area contributed by atoms with Crippen molar-refractivity contribution in [2.75, 3.05) is 6.61 Å². The maximum Gasteiger partial charge on any atom is 0.341 e. The molecule has 7 nitrogen and oxygen atoms in total. The van der Waals surface area contributed by atoms with Gasteiger partial charge in [-0.25, -0.2) is 9.79 Å². The van der Waals surface area contributed by atoms with Crippen LogP contribution in [0.2, 0.25) is 0 Å². The molecule has 0 aromatic heterocycles. The molecule has 8 heteroatoms. The number of carbonyl (C=O) groups excluding carboxylic acids is 1. The molecule has 1 aliphatic heterocycles. The maximum absolute atomic E-state index is 12.1. The van der Waals surface area contributed by atoms with Crippen molar-refractivity contribution in [3.8, 4) is 11.5 Å². The number of thioether (sulfide) groups is 1. The molecular weight excluding hydrogens is 356 g/mol. The largest absolute Gasteiger partial charge is 0.508 e. The molecule has 1 amide bonds. The summed E-state index contributed by atoms with van der Waals surface area (Å²) in [5, 5.41) is 21.0. The number of phenols is 1. The molecule has 3 rings (SSSR count). The molecule has 0 atom stereocenters. The number of carboxylic acid groups (broad SMARTS) is 1. The number of rotatable bonds is 5. The fourth-order valence-electron chi connectivity index (χ4n) is 2.08. The van der Waals surface area contributed by atoms with Gasteiger partial charge in [0, 0.05) is 0 Å². The summed E-state index contributed by atoms with van der Waals surface area (Å²) in [4.78, 5) is 27.3. The van der Waals surface area contributed by atoms with Gasteiger partial charge in [-0.3, -0.25) is 4.79 Å². The van der Waals surface area contributed by atoms with Crippen molar-refractivity contribution < 1.29 is 24.5 Å². The number of benzene rings is 2. The van der Waals surface area contributed by atoms with E-state index in [0.717, 1.165) is 5.56 Å². The van der Waals surface area contributed by atoms with Crippen LogP contribution in [0.3, 0.4) is 0 Å².